The zero-order valence-corrected chi connectivity index (χ0v) is 20.0. The lowest BCUT2D eigenvalue weighted by Gasteiger charge is -2.40. The molecule has 2 aromatic heterocycles. The topological polar surface area (TPSA) is 40.9 Å². The van der Waals surface area contributed by atoms with Gasteiger partial charge in [0.25, 0.3) is 5.91 Å². The fraction of sp³-hybridized carbons (Fsp3) is 0.407. The van der Waals surface area contributed by atoms with Crippen LogP contribution in [0.5, 0.6) is 0 Å². The van der Waals surface area contributed by atoms with Crippen molar-refractivity contribution in [1.29, 1.82) is 0 Å². The van der Waals surface area contributed by atoms with Crippen LogP contribution in [-0.4, -0.2) is 57.3 Å². The van der Waals surface area contributed by atoms with Crippen LogP contribution >= 0.6 is 11.3 Å². The summed E-state index contributed by atoms with van der Waals surface area (Å²) in [5, 5.41) is 0. The maximum Gasteiger partial charge on any atom is 0.253 e. The van der Waals surface area contributed by atoms with E-state index in [4.69, 9.17) is 4.98 Å². The Hall–Kier alpha value is -2.70. The number of hydrogen-bond acceptors (Lipinski definition) is 4. The van der Waals surface area contributed by atoms with Gasteiger partial charge in [-0.3, -0.25) is 14.1 Å². The number of carbonyl (C=O) groups is 1. The summed E-state index contributed by atoms with van der Waals surface area (Å²) in [4.78, 5) is 23.7. The maximum atomic E-state index is 13.2. The second kappa shape index (κ2) is 8.58. The normalized spacial score (nSPS) is 18.4. The van der Waals surface area contributed by atoms with E-state index in [-0.39, 0.29) is 5.91 Å². The molecule has 33 heavy (non-hydrogen) atoms. The summed E-state index contributed by atoms with van der Waals surface area (Å²) < 4.78 is 3.26. The molecule has 2 aromatic carbocycles. The van der Waals surface area contributed by atoms with Crippen LogP contribution in [0.15, 0.2) is 48.7 Å². The molecule has 0 spiro atoms. The molecule has 6 rings (SSSR count). The molecule has 1 saturated carbocycles. The summed E-state index contributed by atoms with van der Waals surface area (Å²) in [5.41, 5.74) is 5.26. The van der Waals surface area contributed by atoms with Crippen molar-refractivity contribution in [2.45, 2.75) is 45.1 Å². The van der Waals surface area contributed by atoms with Crippen LogP contribution in [0, 0.1) is 6.92 Å². The molecule has 6 heteroatoms. The van der Waals surface area contributed by atoms with Gasteiger partial charge >= 0.3 is 0 Å². The highest BCUT2D eigenvalue weighted by Crippen LogP contribution is 2.31. The van der Waals surface area contributed by atoms with Crippen LogP contribution in [0.1, 0.15) is 48.0 Å². The predicted molar refractivity (Wildman–Crippen MR) is 135 cm³/mol. The van der Waals surface area contributed by atoms with E-state index in [1.165, 1.54) is 37.7 Å². The zero-order chi connectivity index (χ0) is 22.4. The molecule has 0 atom stereocenters. The highest BCUT2D eigenvalue weighted by atomic mass is 32.1. The van der Waals surface area contributed by atoms with Gasteiger partial charge in [0.05, 0.1) is 15.9 Å². The third kappa shape index (κ3) is 3.96. The first-order valence-electron chi connectivity index (χ1n) is 12.2. The van der Waals surface area contributed by atoms with E-state index in [1.54, 1.807) is 11.3 Å². The SMILES string of the molecule is Cc1ccc(-c2cn3c(n2)sc2cc(C(=O)N4CCN(C5CCCCC5)CC4)ccc23)cc1. The summed E-state index contributed by atoms with van der Waals surface area (Å²) in [6.45, 7) is 5.78. The Morgan fingerprint density at radius 3 is 2.48 bits per heavy atom. The first-order valence-corrected chi connectivity index (χ1v) is 13.0. The van der Waals surface area contributed by atoms with E-state index >= 15 is 0 Å². The standard InChI is InChI=1S/C27H30N4OS/c1-19-7-9-20(10-8-19)23-18-31-24-12-11-21(17-25(24)33-27(31)28-23)26(32)30-15-13-29(14-16-30)22-5-3-2-4-6-22/h7-12,17-18,22H,2-6,13-16H2,1H3. The molecule has 3 heterocycles. The fourth-order valence-corrected chi connectivity index (χ4v) is 6.46. The second-order valence-electron chi connectivity index (χ2n) is 9.55. The molecule has 1 saturated heterocycles. The molecular formula is C27H30N4OS. The van der Waals surface area contributed by atoms with Gasteiger partial charge in [0, 0.05) is 49.5 Å². The van der Waals surface area contributed by atoms with Gasteiger partial charge < -0.3 is 4.90 Å². The Morgan fingerprint density at radius 2 is 1.73 bits per heavy atom. The van der Waals surface area contributed by atoms with Crippen LogP contribution in [0.4, 0.5) is 0 Å². The van der Waals surface area contributed by atoms with Gasteiger partial charge in [-0.1, -0.05) is 60.4 Å². The maximum absolute atomic E-state index is 13.2. The van der Waals surface area contributed by atoms with Crippen LogP contribution in [0.25, 0.3) is 26.4 Å². The number of benzene rings is 2. The number of amides is 1. The molecule has 4 aromatic rings. The van der Waals surface area contributed by atoms with E-state index in [1.807, 2.05) is 11.0 Å². The molecule has 5 nitrogen and oxygen atoms in total. The van der Waals surface area contributed by atoms with Crippen molar-refractivity contribution in [1.82, 2.24) is 19.2 Å². The van der Waals surface area contributed by atoms with Gasteiger partial charge in [0.1, 0.15) is 0 Å². The molecular weight excluding hydrogens is 428 g/mol. The lowest BCUT2D eigenvalue weighted by molar-refractivity contribution is 0.0523. The van der Waals surface area contributed by atoms with E-state index in [2.05, 4.69) is 58.8 Å². The van der Waals surface area contributed by atoms with Crippen molar-refractivity contribution in [3.05, 3.63) is 59.8 Å². The molecule has 0 N–H and O–H groups in total. The second-order valence-corrected chi connectivity index (χ2v) is 10.6. The van der Waals surface area contributed by atoms with E-state index in [0.29, 0.717) is 0 Å². The Labute approximate surface area is 198 Å². The van der Waals surface area contributed by atoms with E-state index in [9.17, 15) is 4.79 Å². The fourth-order valence-electron chi connectivity index (χ4n) is 5.42. The minimum atomic E-state index is 0.159. The Morgan fingerprint density at radius 1 is 0.970 bits per heavy atom. The van der Waals surface area contributed by atoms with Crippen LogP contribution < -0.4 is 0 Å². The van der Waals surface area contributed by atoms with Gasteiger partial charge in [-0.25, -0.2) is 4.98 Å². The number of carbonyl (C=O) groups excluding carboxylic acids is 1. The number of fused-ring (bicyclic) bond motifs is 3. The average Bonchev–Trinajstić information content (AvgIpc) is 3.42. The summed E-state index contributed by atoms with van der Waals surface area (Å²) in [7, 11) is 0. The summed E-state index contributed by atoms with van der Waals surface area (Å²) in [6.07, 6.45) is 8.87. The molecule has 2 fully saturated rings. The average molecular weight is 459 g/mol. The lowest BCUT2D eigenvalue weighted by atomic mass is 9.94. The monoisotopic (exact) mass is 458 g/mol. The number of aromatic nitrogens is 2. The van der Waals surface area contributed by atoms with Crippen molar-refractivity contribution in [2.75, 3.05) is 26.2 Å². The third-order valence-electron chi connectivity index (χ3n) is 7.38. The number of nitrogens with zero attached hydrogens (tertiary/aromatic N) is 4. The number of thiazole rings is 1. The molecule has 2 aliphatic rings. The lowest BCUT2D eigenvalue weighted by Crippen LogP contribution is -2.52. The minimum absolute atomic E-state index is 0.159. The van der Waals surface area contributed by atoms with Gasteiger partial charge in [-0.15, -0.1) is 0 Å². The van der Waals surface area contributed by atoms with Gasteiger partial charge in [-0.05, 0) is 38.0 Å². The molecule has 170 valence electrons. The van der Waals surface area contributed by atoms with Crippen LogP contribution in [0.2, 0.25) is 0 Å². The molecule has 0 radical (unpaired) electrons. The largest absolute Gasteiger partial charge is 0.336 e. The Balaban J connectivity index is 1.19. The molecule has 1 aliphatic heterocycles. The van der Waals surface area contributed by atoms with Crippen LogP contribution in [0.3, 0.4) is 0 Å². The van der Waals surface area contributed by atoms with Crippen LogP contribution in [-0.2, 0) is 0 Å². The molecule has 0 bridgehead atoms. The van der Waals surface area contributed by atoms with Crippen molar-refractivity contribution in [3.63, 3.8) is 0 Å². The van der Waals surface area contributed by atoms with Gasteiger partial charge in [0.15, 0.2) is 4.96 Å². The highest BCUT2D eigenvalue weighted by molar-refractivity contribution is 7.23. The number of hydrogen-bond donors (Lipinski definition) is 0. The van der Waals surface area contributed by atoms with Crippen molar-refractivity contribution in [2.24, 2.45) is 0 Å². The van der Waals surface area contributed by atoms with Crippen molar-refractivity contribution < 1.29 is 4.79 Å². The smallest absolute Gasteiger partial charge is 0.253 e. The molecule has 1 amide bonds. The zero-order valence-electron chi connectivity index (χ0n) is 19.2. The molecule has 1 aliphatic carbocycles. The summed E-state index contributed by atoms with van der Waals surface area (Å²) >= 11 is 1.65. The third-order valence-corrected chi connectivity index (χ3v) is 8.40. The number of piperazine rings is 1. The highest BCUT2D eigenvalue weighted by Gasteiger charge is 2.27. The number of aryl methyl sites for hydroxylation is 1. The van der Waals surface area contributed by atoms with Crippen molar-refractivity contribution >= 4 is 32.4 Å². The van der Waals surface area contributed by atoms with Gasteiger partial charge in [-0.2, -0.15) is 0 Å². The number of imidazole rings is 1. The quantitative estimate of drug-likeness (QED) is 0.400. The summed E-state index contributed by atoms with van der Waals surface area (Å²) in [5.74, 6) is 0.159. The predicted octanol–water partition coefficient (Wildman–Crippen LogP) is 5.61. The van der Waals surface area contributed by atoms with Crippen molar-refractivity contribution in [3.8, 4) is 11.3 Å². The van der Waals surface area contributed by atoms with Gasteiger partial charge in [0.2, 0.25) is 0 Å². The Kier molecular flexibility index (Phi) is 5.43. The number of rotatable bonds is 3. The molecule has 0 unspecified atom stereocenters. The minimum Gasteiger partial charge on any atom is -0.336 e. The summed E-state index contributed by atoms with van der Waals surface area (Å²) in [6, 6.07) is 15.3. The Bertz CT molecular complexity index is 1290. The first kappa shape index (κ1) is 20.9. The van der Waals surface area contributed by atoms with E-state index < -0.39 is 0 Å². The first-order chi connectivity index (χ1) is 16.2. The van der Waals surface area contributed by atoms with E-state index in [0.717, 1.165) is 64.2 Å².